The fraction of sp³-hybridized carbons (Fsp3) is 0.478. The average molecular weight is 390 g/mol. The molecule has 0 bridgehead atoms. The van der Waals surface area contributed by atoms with Gasteiger partial charge < -0.3 is 10.2 Å². The number of aliphatic hydroxyl groups excluding tert-OH is 2. The van der Waals surface area contributed by atoms with Crippen LogP contribution in [0.5, 0.6) is 0 Å². The lowest BCUT2D eigenvalue weighted by Gasteiger charge is -2.32. The van der Waals surface area contributed by atoms with E-state index < -0.39 is 6.10 Å². The number of hydrogen-bond acceptors (Lipinski definition) is 3. The molecule has 2 aromatic rings. The molecule has 4 heteroatoms. The van der Waals surface area contributed by atoms with E-state index in [1.807, 2.05) is 0 Å². The molecule has 27 heavy (non-hydrogen) atoms. The minimum atomic E-state index is -0.647. The van der Waals surface area contributed by atoms with Gasteiger partial charge in [-0.15, -0.1) is 12.4 Å². The van der Waals surface area contributed by atoms with E-state index in [-0.39, 0.29) is 19.0 Å². The molecule has 3 rings (SSSR count). The smallest absolute Gasteiger partial charge is 0.0897 e. The van der Waals surface area contributed by atoms with Crippen LogP contribution in [0.25, 0.3) is 0 Å². The van der Waals surface area contributed by atoms with Crippen LogP contribution in [-0.4, -0.2) is 46.5 Å². The minimum Gasteiger partial charge on any atom is -0.394 e. The molecule has 2 aromatic carbocycles. The van der Waals surface area contributed by atoms with E-state index >= 15 is 0 Å². The Hall–Kier alpha value is -1.39. The van der Waals surface area contributed by atoms with E-state index in [1.54, 1.807) is 0 Å². The monoisotopic (exact) mass is 389 g/mol. The van der Waals surface area contributed by atoms with Crippen LogP contribution in [0.1, 0.15) is 36.8 Å². The Morgan fingerprint density at radius 3 is 1.67 bits per heavy atom. The van der Waals surface area contributed by atoms with Crippen LogP contribution in [0.3, 0.4) is 0 Å². The number of halogens is 1. The standard InChI is InChI=1S/C23H31NO2.ClH/c25-18-23(26)17-24-21(13-11-19-7-3-1-4-8-19)15-16-22(24)14-12-20-9-5-2-6-10-20;/h1-10,21-23,25-26H,11-18H2;1H/t21?,22?,23-;/m1./s1. The second-order valence-corrected chi connectivity index (χ2v) is 7.47. The topological polar surface area (TPSA) is 43.7 Å². The largest absolute Gasteiger partial charge is 0.394 e. The number of hydrogen-bond donors (Lipinski definition) is 2. The first kappa shape index (κ1) is 21.9. The van der Waals surface area contributed by atoms with E-state index in [4.69, 9.17) is 0 Å². The zero-order valence-corrected chi connectivity index (χ0v) is 16.7. The SMILES string of the molecule is Cl.OC[C@H](O)CN1C(CCc2ccccc2)CCC1CCc1ccccc1. The van der Waals surface area contributed by atoms with Crippen molar-refractivity contribution in [2.75, 3.05) is 13.2 Å². The molecule has 0 aromatic heterocycles. The predicted molar refractivity (Wildman–Crippen MR) is 113 cm³/mol. The Bertz CT molecular complexity index is 586. The van der Waals surface area contributed by atoms with Crippen molar-refractivity contribution in [2.45, 2.75) is 56.7 Å². The normalized spacial score (nSPS) is 21.0. The lowest BCUT2D eigenvalue weighted by atomic mass is 10.0. The lowest BCUT2D eigenvalue weighted by Crippen LogP contribution is -2.42. The maximum Gasteiger partial charge on any atom is 0.0897 e. The molecule has 1 saturated heterocycles. The average Bonchev–Trinajstić information content (AvgIpc) is 3.07. The zero-order valence-electron chi connectivity index (χ0n) is 15.9. The highest BCUT2D eigenvalue weighted by molar-refractivity contribution is 5.85. The first-order valence-electron chi connectivity index (χ1n) is 9.89. The summed E-state index contributed by atoms with van der Waals surface area (Å²) in [6.07, 6.45) is 6.10. The number of likely N-dealkylation sites (tertiary alicyclic amines) is 1. The van der Waals surface area contributed by atoms with Gasteiger partial charge in [0.2, 0.25) is 0 Å². The van der Waals surface area contributed by atoms with Crippen LogP contribution in [-0.2, 0) is 12.8 Å². The molecule has 2 N–H and O–H groups in total. The second-order valence-electron chi connectivity index (χ2n) is 7.47. The van der Waals surface area contributed by atoms with Crippen LogP contribution in [0.2, 0.25) is 0 Å². The van der Waals surface area contributed by atoms with Crippen LogP contribution in [0.15, 0.2) is 60.7 Å². The summed E-state index contributed by atoms with van der Waals surface area (Å²) in [5.74, 6) is 0. The quantitative estimate of drug-likeness (QED) is 0.684. The van der Waals surface area contributed by atoms with Crippen LogP contribution in [0.4, 0.5) is 0 Å². The van der Waals surface area contributed by atoms with Crippen molar-refractivity contribution in [1.29, 1.82) is 0 Å². The van der Waals surface area contributed by atoms with Gasteiger partial charge in [-0.05, 0) is 49.7 Å². The van der Waals surface area contributed by atoms with Crippen molar-refractivity contribution >= 4 is 12.4 Å². The molecular weight excluding hydrogens is 358 g/mol. The molecule has 0 spiro atoms. The van der Waals surface area contributed by atoms with Gasteiger partial charge in [0.15, 0.2) is 0 Å². The molecule has 3 nitrogen and oxygen atoms in total. The first-order chi connectivity index (χ1) is 12.8. The predicted octanol–water partition coefficient (Wildman–Crippen LogP) is 3.86. The molecule has 1 aliphatic rings. The van der Waals surface area contributed by atoms with Crippen molar-refractivity contribution in [2.24, 2.45) is 0 Å². The van der Waals surface area contributed by atoms with Crippen LogP contribution in [0, 0.1) is 0 Å². The molecule has 3 atom stereocenters. The lowest BCUT2D eigenvalue weighted by molar-refractivity contribution is 0.0393. The van der Waals surface area contributed by atoms with Crippen LogP contribution >= 0.6 is 12.4 Å². The fourth-order valence-electron chi connectivity index (χ4n) is 4.19. The summed E-state index contributed by atoms with van der Waals surface area (Å²) in [7, 11) is 0. The molecule has 0 aliphatic carbocycles. The van der Waals surface area contributed by atoms with Crippen molar-refractivity contribution in [3.8, 4) is 0 Å². The molecular formula is C23H32ClNO2. The Kier molecular flexibility index (Phi) is 9.29. The Morgan fingerprint density at radius 1 is 0.815 bits per heavy atom. The van der Waals surface area contributed by atoms with E-state index in [2.05, 4.69) is 65.6 Å². The summed E-state index contributed by atoms with van der Waals surface area (Å²) in [5.41, 5.74) is 2.76. The van der Waals surface area contributed by atoms with E-state index in [1.165, 1.54) is 24.0 Å². The van der Waals surface area contributed by atoms with Gasteiger partial charge in [-0.2, -0.15) is 0 Å². The second kappa shape index (κ2) is 11.5. The van der Waals surface area contributed by atoms with Crippen LogP contribution < -0.4 is 0 Å². The van der Waals surface area contributed by atoms with Crippen molar-refractivity contribution < 1.29 is 10.2 Å². The Balaban J connectivity index is 0.00000261. The number of β-amino-alcohol motifs (C(OH)–C–C–N with tert-alkyl or cyclic N) is 1. The molecule has 0 radical (unpaired) electrons. The number of nitrogens with zero attached hydrogens (tertiary/aromatic N) is 1. The number of benzene rings is 2. The number of aliphatic hydroxyl groups is 2. The van der Waals surface area contributed by atoms with E-state index in [0.717, 1.165) is 25.7 Å². The van der Waals surface area contributed by atoms with Gasteiger partial charge in [0.1, 0.15) is 0 Å². The molecule has 0 saturated carbocycles. The molecule has 1 fully saturated rings. The number of aryl methyl sites for hydroxylation is 2. The van der Waals surface area contributed by atoms with Crippen molar-refractivity contribution in [3.63, 3.8) is 0 Å². The Labute approximate surface area is 169 Å². The minimum absolute atomic E-state index is 0. The summed E-state index contributed by atoms with van der Waals surface area (Å²) < 4.78 is 0. The fourth-order valence-corrected chi connectivity index (χ4v) is 4.19. The summed E-state index contributed by atoms with van der Waals surface area (Å²) in [4.78, 5) is 2.47. The summed E-state index contributed by atoms with van der Waals surface area (Å²) in [6, 6.07) is 22.3. The van der Waals surface area contributed by atoms with Gasteiger partial charge in [0, 0.05) is 18.6 Å². The maximum atomic E-state index is 10.0. The first-order valence-corrected chi connectivity index (χ1v) is 9.89. The van der Waals surface area contributed by atoms with Gasteiger partial charge in [-0.1, -0.05) is 60.7 Å². The third kappa shape index (κ3) is 6.62. The zero-order chi connectivity index (χ0) is 18.2. The maximum absolute atomic E-state index is 10.0. The third-order valence-electron chi connectivity index (χ3n) is 5.62. The Morgan fingerprint density at radius 2 is 1.26 bits per heavy atom. The van der Waals surface area contributed by atoms with Crippen molar-refractivity contribution in [3.05, 3.63) is 71.8 Å². The summed E-state index contributed by atoms with van der Waals surface area (Å²) in [5, 5.41) is 19.3. The van der Waals surface area contributed by atoms with Gasteiger partial charge >= 0.3 is 0 Å². The highest BCUT2D eigenvalue weighted by Gasteiger charge is 2.33. The summed E-state index contributed by atoms with van der Waals surface area (Å²) in [6.45, 7) is 0.419. The van der Waals surface area contributed by atoms with Gasteiger partial charge in [-0.3, -0.25) is 4.90 Å². The molecule has 148 valence electrons. The number of rotatable bonds is 9. The van der Waals surface area contributed by atoms with E-state index in [0.29, 0.717) is 18.6 Å². The van der Waals surface area contributed by atoms with Gasteiger partial charge in [0.25, 0.3) is 0 Å². The van der Waals surface area contributed by atoms with Gasteiger partial charge in [-0.25, -0.2) is 0 Å². The summed E-state index contributed by atoms with van der Waals surface area (Å²) >= 11 is 0. The highest BCUT2D eigenvalue weighted by Crippen LogP contribution is 2.30. The molecule has 0 amide bonds. The molecule has 2 unspecified atom stereocenters. The van der Waals surface area contributed by atoms with Gasteiger partial charge in [0.05, 0.1) is 12.7 Å². The molecule has 1 aliphatic heterocycles. The highest BCUT2D eigenvalue weighted by atomic mass is 35.5. The third-order valence-corrected chi connectivity index (χ3v) is 5.62. The van der Waals surface area contributed by atoms with E-state index in [9.17, 15) is 10.2 Å². The molecule has 1 heterocycles. The van der Waals surface area contributed by atoms with Crippen molar-refractivity contribution in [1.82, 2.24) is 4.90 Å².